The molecule has 2 heterocycles. The van der Waals surface area contributed by atoms with E-state index in [1.165, 1.54) is 37.8 Å². The van der Waals surface area contributed by atoms with Crippen LogP contribution < -0.4 is 4.90 Å². The Labute approximate surface area is 203 Å². The molecule has 0 aliphatic heterocycles. The first-order chi connectivity index (χ1) is 15.6. The molecule has 0 N–H and O–H groups in total. The Kier molecular flexibility index (Phi) is 9.55. The molecule has 0 bridgehead atoms. The minimum atomic E-state index is -1.13. The van der Waals surface area contributed by atoms with Crippen LogP contribution in [0.1, 0.15) is 37.8 Å². The van der Waals surface area contributed by atoms with E-state index < -0.39 is 16.1 Å². The van der Waals surface area contributed by atoms with Gasteiger partial charge in [-0.1, -0.05) is 71.4 Å². The zero-order valence-corrected chi connectivity index (χ0v) is 23.9. The second-order valence-electron chi connectivity index (χ2n) is 12.2. The number of nitrogens with zero attached hydrogens (tertiary/aromatic N) is 4. The van der Waals surface area contributed by atoms with Crippen molar-refractivity contribution >= 4 is 27.6 Å². The predicted molar refractivity (Wildman–Crippen MR) is 144 cm³/mol. The van der Waals surface area contributed by atoms with Crippen LogP contribution >= 0.6 is 0 Å². The maximum absolute atomic E-state index is 6.17. The van der Waals surface area contributed by atoms with Crippen LogP contribution in [0.3, 0.4) is 0 Å². The maximum Gasteiger partial charge on any atom is 0.157 e. The highest BCUT2D eigenvalue weighted by Crippen LogP contribution is 2.28. The van der Waals surface area contributed by atoms with Crippen molar-refractivity contribution < 1.29 is 9.47 Å². The Balaban J connectivity index is 1.75. The summed E-state index contributed by atoms with van der Waals surface area (Å²) in [7, 11) is -2.25. The van der Waals surface area contributed by atoms with Crippen molar-refractivity contribution in [3.05, 3.63) is 24.0 Å². The van der Waals surface area contributed by atoms with Crippen LogP contribution in [0.5, 0.6) is 0 Å². The number of fused-ring (bicyclic) bond motifs is 1. The Morgan fingerprint density at radius 3 is 2.12 bits per heavy atom. The zero-order chi connectivity index (χ0) is 23.9. The van der Waals surface area contributed by atoms with Crippen LogP contribution in [-0.4, -0.2) is 57.4 Å². The Morgan fingerprint density at radius 1 is 0.939 bits per heavy atom. The quantitative estimate of drug-likeness (QED) is 0.188. The molecule has 0 radical (unpaired) electrons. The third kappa shape index (κ3) is 9.15. The highest BCUT2D eigenvalue weighted by Gasteiger charge is 2.20. The molecule has 0 amide bonds. The molecule has 1 saturated carbocycles. The van der Waals surface area contributed by atoms with E-state index in [0.717, 1.165) is 49.1 Å². The van der Waals surface area contributed by atoms with Crippen LogP contribution in [-0.2, 0) is 15.9 Å². The van der Waals surface area contributed by atoms with Crippen LogP contribution in [0, 0.1) is 5.92 Å². The summed E-state index contributed by atoms with van der Waals surface area (Å²) in [5, 5.41) is 4.58. The van der Waals surface area contributed by atoms with Crippen molar-refractivity contribution in [1.82, 2.24) is 14.6 Å². The highest BCUT2D eigenvalue weighted by molar-refractivity contribution is 6.76. The SMILES string of the molecule is C[Si](C)(C)CCOCN(COCC[Si](C)(C)C)c1cc(CC2CCCCC2)nc2ccnn12. The second-order valence-corrected chi connectivity index (χ2v) is 23.4. The van der Waals surface area contributed by atoms with E-state index in [-0.39, 0.29) is 0 Å². The molecule has 2 aromatic heterocycles. The lowest BCUT2D eigenvalue weighted by atomic mass is 9.86. The number of anilines is 1. The van der Waals surface area contributed by atoms with Crippen LogP contribution in [0.15, 0.2) is 18.3 Å². The minimum Gasteiger partial charge on any atom is -0.361 e. The van der Waals surface area contributed by atoms with Gasteiger partial charge < -0.3 is 14.4 Å². The molecule has 0 aromatic carbocycles. The molecule has 6 nitrogen and oxygen atoms in total. The predicted octanol–water partition coefficient (Wildman–Crippen LogP) is 6.28. The molecule has 0 saturated heterocycles. The molecule has 1 fully saturated rings. The van der Waals surface area contributed by atoms with Gasteiger partial charge in [-0.15, -0.1) is 0 Å². The van der Waals surface area contributed by atoms with Gasteiger partial charge in [-0.3, -0.25) is 0 Å². The van der Waals surface area contributed by atoms with Gasteiger partial charge in [0.25, 0.3) is 0 Å². The number of ether oxygens (including phenoxy) is 2. The summed E-state index contributed by atoms with van der Waals surface area (Å²) in [6.07, 6.45) is 9.63. The van der Waals surface area contributed by atoms with E-state index in [0.29, 0.717) is 13.5 Å². The highest BCUT2D eigenvalue weighted by atomic mass is 28.3. The molecule has 0 atom stereocenters. The average Bonchev–Trinajstić information content (AvgIpc) is 3.20. The average molecular weight is 491 g/mol. The van der Waals surface area contributed by atoms with Gasteiger partial charge in [0.1, 0.15) is 19.3 Å². The first-order valence-corrected chi connectivity index (χ1v) is 20.3. The van der Waals surface area contributed by atoms with Crippen LogP contribution in [0.2, 0.25) is 51.4 Å². The zero-order valence-electron chi connectivity index (χ0n) is 21.9. The van der Waals surface area contributed by atoms with Crippen molar-refractivity contribution in [3.8, 4) is 0 Å². The summed E-state index contributed by atoms with van der Waals surface area (Å²) in [6.45, 7) is 17.0. The fourth-order valence-corrected chi connectivity index (χ4v) is 5.75. The van der Waals surface area contributed by atoms with E-state index in [2.05, 4.69) is 55.3 Å². The first kappa shape index (κ1) is 26.4. The van der Waals surface area contributed by atoms with Crippen molar-refractivity contribution in [3.63, 3.8) is 0 Å². The van der Waals surface area contributed by atoms with E-state index in [1.54, 1.807) is 0 Å². The van der Waals surface area contributed by atoms with Crippen molar-refractivity contribution in [2.45, 2.75) is 89.9 Å². The molecule has 1 aliphatic carbocycles. The Morgan fingerprint density at radius 2 is 1.55 bits per heavy atom. The summed E-state index contributed by atoms with van der Waals surface area (Å²) >= 11 is 0. The van der Waals surface area contributed by atoms with E-state index in [9.17, 15) is 0 Å². The topological polar surface area (TPSA) is 51.9 Å². The van der Waals surface area contributed by atoms with Crippen molar-refractivity contribution in [2.24, 2.45) is 5.92 Å². The monoisotopic (exact) mass is 490 g/mol. The fourth-order valence-electron chi connectivity index (χ4n) is 4.24. The molecule has 0 unspecified atom stereocenters. The number of hydrogen-bond donors (Lipinski definition) is 0. The third-order valence-corrected chi connectivity index (χ3v) is 9.84. The number of rotatable bonds is 13. The molecule has 0 spiro atoms. The molecule has 33 heavy (non-hydrogen) atoms. The van der Waals surface area contributed by atoms with Gasteiger partial charge in [-0.05, 0) is 24.4 Å². The second kappa shape index (κ2) is 12.0. The smallest absolute Gasteiger partial charge is 0.157 e. The van der Waals surface area contributed by atoms with Crippen LogP contribution in [0.4, 0.5) is 5.82 Å². The minimum absolute atomic E-state index is 0.513. The molecule has 1 aliphatic rings. The molecule has 3 rings (SSSR count). The van der Waals surface area contributed by atoms with Gasteiger partial charge in [0, 0.05) is 47.2 Å². The van der Waals surface area contributed by atoms with Gasteiger partial charge >= 0.3 is 0 Å². The summed E-state index contributed by atoms with van der Waals surface area (Å²) in [5.41, 5.74) is 2.08. The Bertz CT molecular complexity index is 832. The van der Waals surface area contributed by atoms with E-state index >= 15 is 0 Å². The number of aromatic nitrogens is 3. The first-order valence-electron chi connectivity index (χ1n) is 12.8. The van der Waals surface area contributed by atoms with Gasteiger partial charge in [-0.2, -0.15) is 9.61 Å². The van der Waals surface area contributed by atoms with Crippen molar-refractivity contribution in [2.75, 3.05) is 31.6 Å². The van der Waals surface area contributed by atoms with E-state index in [1.807, 2.05) is 16.8 Å². The summed E-state index contributed by atoms with van der Waals surface area (Å²) in [5.74, 6) is 1.77. The lowest BCUT2D eigenvalue weighted by Gasteiger charge is -2.27. The standard InChI is InChI=1S/C25H46N4O2Si2/c1-32(2,3)16-14-30-20-28(21-31-15-17-33(4,5)6)25-19-23(18-22-10-8-7-9-11-22)27-24-12-13-26-29(24)25/h12-13,19,22H,7-11,14-18,20-21H2,1-6H3. The normalized spacial score (nSPS) is 15.9. The maximum atomic E-state index is 6.17. The molecule has 186 valence electrons. The third-order valence-electron chi connectivity index (χ3n) is 6.43. The van der Waals surface area contributed by atoms with Gasteiger partial charge in [0.2, 0.25) is 0 Å². The van der Waals surface area contributed by atoms with Gasteiger partial charge in [0.15, 0.2) is 5.65 Å². The fraction of sp³-hybridized carbons (Fsp3) is 0.760. The van der Waals surface area contributed by atoms with Gasteiger partial charge in [0.05, 0.1) is 6.20 Å². The largest absolute Gasteiger partial charge is 0.361 e. The molecular weight excluding hydrogens is 444 g/mol. The van der Waals surface area contributed by atoms with E-state index in [4.69, 9.17) is 14.5 Å². The van der Waals surface area contributed by atoms with Gasteiger partial charge in [-0.25, -0.2) is 4.98 Å². The van der Waals surface area contributed by atoms with Crippen LogP contribution in [0.25, 0.3) is 5.65 Å². The summed E-state index contributed by atoms with van der Waals surface area (Å²) in [4.78, 5) is 7.13. The summed E-state index contributed by atoms with van der Waals surface area (Å²) in [6, 6.07) is 6.55. The van der Waals surface area contributed by atoms with Crippen molar-refractivity contribution in [1.29, 1.82) is 0 Å². The molecular formula is C25H46N4O2Si2. The molecule has 8 heteroatoms. The number of hydrogen-bond acceptors (Lipinski definition) is 5. The molecule has 2 aromatic rings. The Hall–Kier alpha value is -1.23. The lowest BCUT2D eigenvalue weighted by molar-refractivity contribution is 0.0942. The summed E-state index contributed by atoms with van der Waals surface area (Å²) < 4.78 is 14.3. The lowest BCUT2D eigenvalue weighted by Crippen LogP contribution is -2.33.